The van der Waals surface area contributed by atoms with E-state index in [1.807, 2.05) is 29.2 Å². The lowest BCUT2D eigenvalue weighted by molar-refractivity contribution is -0.132. The number of amides is 1. The number of nitrogens with two attached hydrogens (primary N) is 1. The number of piperidine rings is 1. The number of likely N-dealkylation sites (tertiary alicyclic amines) is 1. The van der Waals surface area contributed by atoms with Crippen molar-refractivity contribution < 1.29 is 4.79 Å². The predicted molar refractivity (Wildman–Crippen MR) is 86.8 cm³/mol. The minimum atomic E-state index is 0.253. The smallest absolute Gasteiger partial charge is 0.226 e. The van der Waals surface area contributed by atoms with Crippen LogP contribution in [0.4, 0.5) is 0 Å². The van der Waals surface area contributed by atoms with Crippen molar-refractivity contribution in [3.63, 3.8) is 0 Å². The highest BCUT2D eigenvalue weighted by atomic mass is 16.2. The fourth-order valence-corrected chi connectivity index (χ4v) is 3.07. The average molecular weight is 288 g/mol. The molecular weight excluding hydrogens is 260 g/mol. The summed E-state index contributed by atoms with van der Waals surface area (Å²) in [4.78, 5) is 14.4. The van der Waals surface area contributed by atoms with E-state index in [4.69, 9.17) is 5.73 Å². The van der Waals surface area contributed by atoms with Gasteiger partial charge in [-0.25, -0.2) is 0 Å². The van der Waals surface area contributed by atoms with Gasteiger partial charge in [0.05, 0.1) is 6.42 Å². The molecule has 1 aromatic carbocycles. The van der Waals surface area contributed by atoms with E-state index in [2.05, 4.69) is 20.8 Å². The number of nitrogens with zero attached hydrogens (tertiary/aromatic N) is 1. The van der Waals surface area contributed by atoms with Crippen molar-refractivity contribution in [1.82, 2.24) is 4.90 Å². The molecule has 1 saturated heterocycles. The third kappa shape index (κ3) is 4.31. The normalized spacial score (nSPS) is 17.0. The molecule has 1 amide bonds. The Morgan fingerprint density at radius 3 is 2.14 bits per heavy atom. The highest BCUT2D eigenvalue weighted by Crippen LogP contribution is 2.34. The first-order valence-electron chi connectivity index (χ1n) is 7.96. The van der Waals surface area contributed by atoms with Gasteiger partial charge in [-0.05, 0) is 35.3 Å². The van der Waals surface area contributed by atoms with E-state index >= 15 is 0 Å². The maximum absolute atomic E-state index is 12.4. The van der Waals surface area contributed by atoms with Crippen molar-refractivity contribution in [2.24, 2.45) is 17.1 Å². The van der Waals surface area contributed by atoms with Gasteiger partial charge in [0.15, 0.2) is 0 Å². The van der Waals surface area contributed by atoms with Gasteiger partial charge >= 0.3 is 0 Å². The first-order valence-corrected chi connectivity index (χ1v) is 7.96. The van der Waals surface area contributed by atoms with Crippen LogP contribution in [-0.4, -0.2) is 23.9 Å². The van der Waals surface area contributed by atoms with E-state index in [0.29, 0.717) is 18.4 Å². The quantitative estimate of drug-likeness (QED) is 0.929. The van der Waals surface area contributed by atoms with Gasteiger partial charge in [-0.3, -0.25) is 4.79 Å². The Morgan fingerprint density at radius 2 is 1.67 bits per heavy atom. The summed E-state index contributed by atoms with van der Waals surface area (Å²) in [6.45, 7) is 9.26. The maximum Gasteiger partial charge on any atom is 0.226 e. The van der Waals surface area contributed by atoms with Crippen molar-refractivity contribution in [2.75, 3.05) is 13.1 Å². The molecule has 0 saturated carbocycles. The Hall–Kier alpha value is -1.35. The Kier molecular flexibility index (Phi) is 5.04. The van der Waals surface area contributed by atoms with E-state index in [9.17, 15) is 4.79 Å². The van der Waals surface area contributed by atoms with E-state index in [1.54, 1.807) is 0 Å². The lowest BCUT2D eigenvalue weighted by atomic mass is 9.75. The molecule has 0 bridgehead atoms. The zero-order valence-electron chi connectivity index (χ0n) is 13.6. The molecule has 0 aromatic heterocycles. The van der Waals surface area contributed by atoms with Crippen LogP contribution in [0.3, 0.4) is 0 Å². The Balaban J connectivity index is 1.87. The summed E-state index contributed by atoms with van der Waals surface area (Å²) in [6, 6.07) is 8.05. The number of rotatable bonds is 3. The van der Waals surface area contributed by atoms with E-state index < -0.39 is 0 Å². The van der Waals surface area contributed by atoms with Crippen molar-refractivity contribution in [3.05, 3.63) is 35.4 Å². The molecule has 2 rings (SSSR count). The minimum absolute atomic E-state index is 0.253. The molecule has 0 atom stereocenters. The van der Waals surface area contributed by atoms with Crippen molar-refractivity contribution in [1.29, 1.82) is 0 Å². The van der Waals surface area contributed by atoms with Crippen LogP contribution in [0.1, 0.15) is 44.7 Å². The molecule has 1 fully saturated rings. The van der Waals surface area contributed by atoms with E-state index in [1.165, 1.54) is 0 Å². The maximum atomic E-state index is 12.4. The zero-order valence-corrected chi connectivity index (χ0v) is 13.6. The lowest BCUT2D eigenvalue weighted by Gasteiger charge is -2.38. The molecule has 1 heterocycles. The predicted octanol–water partition coefficient (Wildman–Crippen LogP) is 2.97. The van der Waals surface area contributed by atoms with Crippen molar-refractivity contribution >= 4 is 5.91 Å². The second-order valence-electron chi connectivity index (χ2n) is 7.22. The molecule has 1 aliphatic heterocycles. The Labute approximate surface area is 128 Å². The van der Waals surface area contributed by atoms with E-state index in [0.717, 1.165) is 43.0 Å². The number of benzene rings is 1. The third-order valence-corrected chi connectivity index (χ3v) is 4.69. The number of carbonyl (C=O) groups excluding carboxylic acids is 1. The van der Waals surface area contributed by atoms with E-state index in [-0.39, 0.29) is 5.91 Å². The SMILES string of the molecule is CC(C)(C)C1CCN(C(=O)Cc2ccc(CN)cc2)CC1. The topological polar surface area (TPSA) is 46.3 Å². The summed E-state index contributed by atoms with van der Waals surface area (Å²) in [5, 5.41) is 0. The molecule has 21 heavy (non-hydrogen) atoms. The highest BCUT2D eigenvalue weighted by molar-refractivity contribution is 5.78. The summed E-state index contributed by atoms with van der Waals surface area (Å²) in [5.74, 6) is 0.980. The van der Waals surface area contributed by atoms with Gasteiger partial charge in [0.2, 0.25) is 5.91 Å². The second kappa shape index (κ2) is 6.61. The molecule has 0 aliphatic carbocycles. The number of carbonyl (C=O) groups is 1. The standard InChI is InChI=1S/C18H28N2O/c1-18(2,3)16-8-10-20(11-9-16)17(21)12-14-4-6-15(13-19)7-5-14/h4-7,16H,8-13,19H2,1-3H3. The molecule has 0 unspecified atom stereocenters. The third-order valence-electron chi connectivity index (χ3n) is 4.69. The van der Waals surface area contributed by atoms with Gasteiger partial charge in [-0.15, -0.1) is 0 Å². The minimum Gasteiger partial charge on any atom is -0.342 e. The summed E-state index contributed by atoms with van der Waals surface area (Å²) in [7, 11) is 0. The highest BCUT2D eigenvalue weighted by Gasteiger charge is 2.30. The van der Waals surface area contributed by atoms with Gasteiger partial charge in [-0.2, -0.15) is 0 Å². The molecular formula is C18H28N2O. The Bertz CT molecular complexity index is 465. The molecule has 2 N–H and O–H groups in total. The van der Waals surface area contributed by atoms with Gasteiger partial charge in [0.1, 0.15) is 0 Å². The molecule has 3 heteroatoms. The molecule has 1 aromatic rings. The van der Waals surface area contributed by atoms with Gasteiger partial charge < -0.3 is 10.6 Å². The Morgan fingerprint density at radius 1 is 1.14 bits per heavy atom. The van der Waals surface area contributed by atoms with Crippen LogP contribution in [0.25, 0.3) is 0 Å². The van der Waals surface area contributed by atoms with Gasteiger partial charge in [0.25, 0.3) is 0 Å². The number of hydrogen-bond donors (Lipinski definition) is 1. The van der Waals surface area contributed by atoms with Crippen LogP contribution in [0.2, 0.25) is 0 Å². The zero-order chi connectivity index (χ0) is 15.5. The molecule has 1 aliphatic rings. The monoisotopic (exact) mass is 288 g/mol. The molecule has 116 valence electrons. The summed E-state index contributed by atoms with van der Waals surface area (Å²) in [6.07, 6.45) is 2.76. The average Bonchev–Trinajstić information content (AvgIpc) is 2.47. The van der Waals surface area contributed by atoms with Crippen molar-refractivity contribution in [3.8, 4) is 0 Å². The largest absolute Gasteiger partial charge is 0.342 e. The summed E-state index contributed by atoms with van der Waals surface area (Å²) < 4.78 is 0. The van der Waals surface area contributed by atoms with Crippen LogP contribution in [-0.2, 0) is 17.8 Å². The fraction of sp³-hybridized carbons (Fsp3) is 0.611. The molecule has 0 spiro atoms. The van der Waals surface area contributed by atoms with Gasteiger partial charge in [-0.1, -0.05) is 45.0 Å². The molecule has 3 nitrogen and oxygen atoms in total. The van der Waals surface area contributed by atoms with Crippen LogP contribution in [0, 0.1) is 11.3 Å². The second-order valence-corrected chi connectivity index (χ2v) is 7.22. The summed E-state index contributed by atoms with van der Waals surface area (Å²) >= 11 is 0. The first-order chi connectivity index (χ1) is 9.90. The van der Waals surface area contributed by atoms with Crippen LogP contribution in [0.15, 0.2) is 24.3 Å². The van der Waals surface area contributed by atoms with Crippen LogP contribution < -0.4 is 5.73 Å². The van der Waals surface area contributed by atoms with Gasteiger partial charge in [0, 0.05) is 19.6 Å². The van der Waals surface area contributed by atoms with Crippen molar-refractivity contribution in [2.45, 2.75) is 46.6 Å². The lowest BCUT2D eigenvalue weighted by Crippen LogP contribution is -2.42. The number of hydrogen-bond acceptors (Lipinski definition) is 2. The van der Waals surface area contributed by atoms with Crippen LogP contribution >= 0.6 is 0 Å². The molecule has 0 radical (unpaired) electrons. The fourth-order valence-electron chi connectivity index (χ4n) is 3.07. The first kappa shape index (κ1) is 16.0. The van der Waals surface area contributed by atoms with Crippen LogP contribution in [0.5, 0.6) is 0 Å². The summed E-state index contributed by atoms with van der Waals surface area (Å²) in [5.41, 5.74) is 8.13.